The van der Waals surface area contributed by atoms with E-state index in [1.807, 2.05) is 50.2 Å². The van der Waals surface area contributed by atoms with E-state index in [1.165, 1.54) is 4.90 Å². The topological polar surface area (TPSA) is 90.7 Å². The van der Waals surface area contributed by atoms with Gasteiger partial charge >= 0.3 is 5.97 Å². The lowest BCUT2D eigenvalue weighted by atomic mass is 9.99. The van der Waals surface area contributed by atoms with E-state index in [-0.39, 0.29) is 37.4 Å². The van der Waals surface area contributed by atoms with Crippen molar-refractivity contribution in [1.29, 1.82) is 5.26 Å². The van der Waals surface area contributed by atoms with Crippen LogP contribution < -0.4 is 4.90 Å². The average molecular weight is 462 g/mol. The van der Waals surface area contributed by atoms with Crippen molar-refractivity contribution in [2.24, 2.45) is 0 Å². The Morgan fingerprint density at radius 2 is 1.79 bits per heavy atom. The summed E-state index contributed by atoms with van der Waals surface area (Å²) in [4.78, 5) is 41.9. The molecule has 2 amide bonds. The molecule has 0 fully saturated rings. The normalized spacial score (nSPS) is 14.5. The molecule has 1 heterocycles. The summed E-state index contributed by atoms with van der Waals surface area (Å²) >= 11 is 0. The smallest absolute Gasteiger partial charge is 0.307 e. The van der Waals surface area contributed by atoms with E-state index >= 15 is 0 Å². The second kappa shape index (κ2) is 11.0. The van der Waals surface area contributed by atoms with Crippen molar-refractivity contribution in [3.63, 3.8) is 0 Å². The van der Waals surface area contributed by atoms with Crippen LogP contribution in [0.25, 0.3) is 0 Å². The van der Waals surface area contributed by atoms with Crippen molar-refractivity contribution >= 4 is 23.5 Å². The first-order valence-corrected chi connectivity index (χ1v) is 11.7. The Morgan fingerprint density at radius 3 is 2.44 bits per heavy atom. The molecule has 0 bridgehead atoms. The van der Waals surface area contributed by atoms with E-state index in [2.05, 4.69) is 6.07 Å². The van der Waals surface area contributed by atoms with Crippen LogP contribution in [0.15, 0.2) is 42.5 Å². The number of carbonyl (C=O) groups is 3. The average Bonchev–Trinajstić information content (AvgIpc) is 2.91. The molecule has 1 atom stereocenters. The highest BCUT2D eigenvalue weighted by Gasteiger charge is 2.35. The highest BCUT2D eigenvalue weighted by Crippen LogP contribution is 2.30. The van der Waals surface area contributed by atoms with E-state index in [0.717, 1.165) is 17.5 Å². The van der Waals surface area contributed by atoms with Crippen LogP contribution in [0.3, 0.4) is 0 Å². The van der Waals surface area contributed by atoms with Gasteiger partial charge in [-0.2, -0.15) is 5.26 Å². The van der Waals surface area contributed by atoms with Crippen LogP contribution >= 0.6 is 0 Å². The molecule has 178 valence electrons. The Kier molecular flexibility index (Phi) is 8.06. The number of carbonyl (C=O) groups excluding carboxylic acids is 3. The number of nitrogens with zero attached hydrogens (tertiary/aromatic N) is 3. The molecule has 1 aliphatic rings. The Labute approximate surface area is 200 Å². The molecule has 3 rings (SSSR count). The molecule has 0 N–H and O–H groups in total. The van der Waals surface area contributed by atoms with E-state index in [9.17, 15) is 14.4 Å². The number of anilines is 1. The summed E-state index contributed by atoms with van der Waals surface area (Å²) < 4.78 is 5.04. The number of ether oxygens (including phenoxy) is 1. The minimum atomic E-state index is -0.479. The number of hydrogen-bond donors (Lipinski definition) is 0. The summed E-state index contributed by atoms with van der Waals surface area (Å²) in [5.41, 5.74) is 3.67. The number of nitriles is 1. The maximum Gasteiger partial charge on any atom is 0.307 e. The minimum absolute atomic E-state index is 0.0266. The molecule has 7 nitrogen and oxygen atoms in total. The van der Waals surface area contributed by atoms with Crippen LogP contribution in [0.1, 0.15) is 61.2 Å². The fraction of sp³-hybridized carbons (Fsp3) is 0.407. The van der Waals surface area contributed by atoms with Gasteiger partial charge in [0.15, 0.2) is 0 Å². The summed E-state index contributed by atoms with van der Waals surface area (Å²) in [5.74, 6) is -0.843. The highest BCUT2D eigenvalue weighted by molar-refractivity contribution is 6.10. The van der Waals surface area contributed by atoms with Crippen molar-refractivity contribution in [1.82, 2.24) is 4.90 Å². The maximum atomic E-state index is 13.6. The van der Waals surface area contributed by atoms with Crippen molar-refractivity contribution < 1.29 is 19.1 Å². The van der Waals surface area contributed by atoms with Gasteiger partial charge in [-0.3, -0.25) is 14.4 Å². The fourth-order valence-corrected chi connectivity index (χ4v) is 4.28. The van der Waals surface area contributed by atoms with Gasteiger partial charge in [0.05, 0.1) is 35.9 Å². The molecule has 0 spiro atoms. The van der Waals surface area contributed by atoms with Gasteiger partial charge in [0.25, 0.3) is 5.91 Å². The van der Waals surface area contributed by atoms with E-state index in [4.69, 9.17) is 10.00 Å². The first kappa shape index (κ1) is 25.0. The Balaban J connectivity index is 1.91. The van der Waals surface area contributed by atoms with Crippen LogP contribution in [0.5, 0.6) is 0 Å². The summed E-state index contributed by atoms with van der Waals surface area (Å²) in [5, 5.41) is 9.13. The van der Waals surface area contributed by atoms with Gasteiger partial charge in [-0.1, -0.05) is 18.2 Å². The van der Waals surface area contributed by atoms with Gasteiger partial charge in [0.2, 0.25) is 5.91 Å². The summed E-state index contributed by atoms with van der Waals surface area (Å²) in [6, 6.07) is 14.7. The van der Waals surface area contributed by atoms with E-state index in [1.54, 1.807) is 24.8 Å². The quantitative estimate of drug-likeness (QED) is 0.557. The van der Waals surface area contributed by atoms with Crippen LogP contribution in [-0.2, 0) is 27.2 Å². The third kappa shape index (κ3) is 5.63. The van der Waals surface area contributed by atoms with Crippen LogP contribution in [-0.4, -0.2) is 47.9 Å². The molecule has 1 unspecified atom stereocenters. The maximum absolute atomic E-state index is 13.6. The zero-order chi connectivity index (χ0) is 24.8. The lowest BCUT2D eigenvalue weighted by Crippen LogP contribution is -2.46. The number of rotatable bonds is 8. The molecule has 0 saturated carbocycles. The SMILES string of the molecule is CCOC(=O)CC(C)N1CC(=O)N(C(C)C)c2ccc(CCc3cccc(C#N)c3)cc2C1=O. The molecule has 34 heavy (non-hydrogen) atoms. The zero-order valence-electron chi connectivity index (χ0n) is 20.2. The monoisotopic (exact) mass is 461 g/mol. The third-order valence-corrected chi connectivity index (χ3v) is 5.96. The van der Waals surface area contributed by atoms with E-state index in [0.29, 0.717) is 23.2 Å². The number of esters is 1. The van der Waals surface area contributed by atoms with Crippen molar-refractivity contribution in [3.8, 4) is 6.07 Å². The molecular formula is C27H31N3O4. The Bertz CT molecular complexity index is 1120. The van der Waals surface area contributed by atoms with Gasteiger partial charge in [-0.25, -0.2) is 0 Å². The van der Waals surface area contributed by atoms with Gasteiger partial charge in [-0.05, 0) is 75.9 Å². The lowest BCUT2D eigenvalue weighted by Gasteiger charge is -2.28. The van der Waals surface area contributed by atoms with Gasteiger partial charge in [0, 0.05) is 12.1 Å². The van der Waals surface area contributed by atoms with Crippen molar-refractivity contribution in [3.05, 3.63) is 64.7 Å². The second-order valence-corrected chi connectivity index (χ2v) is 8.81. The Hall–Kier alpha value is -3.66. The highest BCUT2D eigenvalue weighted by atomic mass is 16.5. The van der Waals surface area contributed by atoms with E-state index < -0.39 is 12.0 Å². The van der Waals surface area contributed by atoms with Crippen LogP contribution in [0.2, 0.25) is 0 Å². The first-order chi connectivity index (χ1) is 16.2. The minimum Gasteiger partial charge on any atom is -0.466 e. The van der Waals surface area contributed by atoms with Gasteiger partial charge in [-0.15, -0.1) is 0 Å². The molecule has 0 aliphatic carbocycles. The summed E-state index contributed by atoms with van der Waals surface area (Å²) in [6.45, 7) is 7.50. The lowest BCUT2D eigenvalue weighted by molar-refractivity contribution is -0.144. The third-order valence-electron chi connectivity index (χ3n) is 5.96. The molecule has 1 aliphatic heterocycles. The molecule has 0 radical (unpaired) electrons. The molecular weight excluding hydrogens is 430 g/mol. The summed E-state index contributed by atoms with van der Waals surface area (Å²) in [7, 11) is 0. The van der Waals surface area contributed by atoms with Gasteiger partial charge in [0.1, 0.15) is 6.54 Å². The van der Waals surface area contributed by atoms with Crippen LogP contribution in [0, 0.1) is 11.3 Å². The first-order valence-electron chi connectivity index (χ1n) is 11.7. The Morgan fingerprint density at radius 1 is 1.09 bits per heavy atom. The number of benzene rings is 2. The summed E-state index contributed by atoms with van der Waals surface area (Å²) in [6.07, 6.45) is 1.43. The number of hydrogen-bond acceptors (Lipinski definition) is 5. The fourth-order valence-electron chi connectivity index (χ4n) is 4.28. The van der Waals surface area contributed by atoms with Gasteiger partial charge < -0.3 is 14.5 Å². The largest absolute Gasteiger partial charge is 0.466 e. The van der Waals surface area contributed by atoms with Crippen LogP contribution in [0.4, 0.5) is 5.69 Å². The predicted molar refractivity (Wildman–Crippen MR) is 129 cm³/mol. The molecule has 7 heteroatoms. The molecule has 0 saturated heterocycles. The zero-order valence-corrected chi connectivity index (χ0v) is 20.2. The number of aryl methyl sites for hydroxylation is 2. The van der Waals surface area contributed by atoms with Crippen molar-refractivity contribution in [2.45, 2.75) is 59.0 Å². The molecule has 0 aromatic heterocycles. The number of fused-ring (bicyclic) bond motifs is 1. The second-order valence-electron chi connectivity index (χ2n) is 8.81. The number of amides is 2. The molecule has 2 aromatic carbocycles. The van der Waals surface area contributed by atoms with Crippen molar-refractivity contribution in [2.75, 3.05) is 18.1 Å². The molecule has 2 aromatic rings. The predicted octanol–water partition coefficient (Wildman–Crippen LogP) is 3.88. The standard InChI is InChI=1S/C27H31N3O4/c1-5-34-26(32)13-19(4)29-17-25(31)30(18(2)3)24-12-11-21(15-23(24)27(29)33)10-9-20-7-6-8-22(14-20)16-28/h6-8,11-12,14-15,18-19H,5,9-10,13,17H2,1-4H3.